The molecule has 0 bridgehead atoms. The maximum atomic E-state index is 12.6. The van der Waals surface area contributed by atoms with Crippen molar-refractivity contribution >= 4 is 23.2 Å². The third-order valence-corrected chi connectivity index (χ3v) is 4.98. The zero-order valence-corrected chi connectivity index (χ0v) is 15.7. The van der Waals surface area contributed by atoms with Crippen LogP contribution in [0.2, 0.25) is 5.02 Å². The lowest BCUT2D eigenvalue weighted by molar-refractivity contribution is 0.0747. The summed E-state index contributed by atoms with van der Waals surface area (Å²) < 4.78 is 1.65. The summed E-state index contributed by atoms with van der Waals surface area (Å²) in [4.78, 5) is 16.8. The molecule has 1 aliphatic heterocycles. The smallest absolute Gasteiger partial charge is 0.254 e. The molecule has 1 aliphatic rings. The van der Waals surface area contributed by atoms with Crippen molar-refractivity contribution in [1.82, 2.24) is 25.1 Å². The number of piperazine rings is 1. The van der Waals surface area contributed by atoms with Gasteiger partial charge in [0.2, 0.25) is 0 Å². The third kappa shape index (κ3) is 3.64. The van der Waals surface area contributed by atoms with Gasteiger partial charge in [-0.2, -0.15) is 0 Å². The Labute approximate surface area is 162 Å². The molecule has 2 aromatic carbocycles. The summed E-state index contributed by atoms with van der Waals surface area (Å²) in [6.07, 6.45) is 0. The highest BCUT2D eigenvalue weighted by Crippen LogP contribution is 2.22. The van der Waals surface area contributed by atoms with Crippen molar-refractivity contribution in [2.45, 2.75) is 0 Å². The number of amides is 1. The Kier molecular flexibility index (Phi) is 4.77. The van der Waals surface area contributed by atoms with E-state index in [-0.39, 0.29) is 5.91 Å². The van der Waals surface area contributed by atoms with Gasteiger partial charge in [-0.25, -0.2) is 4.68 Å². The minimum atomic E-state index is 0.0299. The SMILES string of the molecule is Cn1nnnc1-c1ccc(N2CCN(C(=O)c3cccc(Cl)c3)CC2)cc1. The molecule has 27 heavy (non-hydrogen) atoms. The minimum Gasteiger partial charge on any atom is -0.368 e. The molecular weight excluding hydrogens is 364 g/mol. The second-order valence-electron chi connectivity index (χ2n) is 6.46. The normalized spacial score (nSPS) is 14.4. The summed E-state index contributed by atoms with van der Waals surface area (Å²) >= 11 is 6.00. The number of aromatic nitrogens is 4. The van der Waals surface area contributed by atoms with Gasteiger partial charge in [-0.15, -0.1) is 5.10 Å². The molecule has 0 aliphatic carbocycles. The number of carbonyl (C=O) groups is 1. The van der Waals surface area contributed by atoms with E-state index >= 15 is 0 Å². The van der Waals surface area contributed by atoms with Crippen LogP contribution >= 0.6 is 11.6 Å². The zero-order valence-electron chi connectivity index (χ0n) is 14.9. The quantitative estimate of drug-likeness (QED) is 0.696. The van der Waals surface area contributed by atoms with Gasteiger partial charge >= 0.3 is 0 Å². The summed E-state index contributed by atoms with van der Waals surface area (Å²) in [6, 6.07) is 15.3. The van der Waals surface area contributed by atoms with E-state index in [0.717, 1.165) is 30.2 Å². The van der Waals surface area contributed by atoms with Crippen LogP contribution in [-0.2, 0) is 7.05 Å². The van der Waals surface area contributed by atoms with Crippen molar-refractivity contribution in [2.24, 2.45) is 7.05 Å². The molecule has 8 heteroatoms. The van der Waals surface area contributed by atoms with Crippen molar-refractivity contribution in [3.8, 4) is 11.4 Å². The van der Waals surface area contributed by atoms with Crippen molar-refractivity contribution < 1.29 is 4.79 Å². The average molecular weight is 383 g/mol. The summed E-state index contributed by atoms with van der Waals surface area (Å²) in [5.41, 5.74) is 2.74. The fraction of sp³-hybridized carbons (Fsp3) is 0.263. The number of benzene rings is 2. The van der Waals surface area contributed by atoms with Crippen molar-refractivity contribution in [3.05, 3.63) is 59.1 Å². The number of anilines is 1. The summed E-state index contributed by atoms with van der Waals surface area (Å²) in [5, 5.41) is 12.1. The highest BCUT2D eigenvalue weighted by atomic mass is 35.5. The lowest BCUT2D eigenvalue weighted by atomic mass is 10.1. The molecule has 1 saturated heterocycles. The standard InChI is InChI=1S/C19H19ClN6O/c1-24-18(21-22-23-24)14-5-7-17(8-6-14)25-9-11-26(12-10-25)19(27)15-3-2-4-16(20)13-15/h2-8,13H,9-12H2,1H3. The molecule has 0 N–H and O–H groups in total. The molecule has 1 fully saturated rings. The zero-order chi connectivity index (χ0) is 18.8. The van der Waals surface area contributed by atoms with Crippen molar-refractivity contribution in [2.75, 3.05) is 31.1 Å². The average Bonchev–Trinajstić information content (AvgIpc) is 3.14. The Morgan fingerprint density at radius 3 is 2.41 bits per heavy atom. The fourth-order valence-electron chi connectivity index (χ4n) is 3.27. The second-order valence-corrected chi connectivity index (χ2v) is 6.90. The van der Waals surface area contributed by atoms with Crippen molar-refractivity contribution in [3.63, 3.8) is 0 Å². The van der Waals surface area contributed by atoms with E-state index in [1.54, 1.807) is 28.9 Å². The predicted octanol–water partition coefficient (Wildman–Crippen LogP) is 2.49. The topological polar surface area (TPSA) is 67.2 Å². The molecule has 0 unspecified atom stereocenters. The van der Waals surface area contributed by atoms with Gasteiger partial charge in [0.15, 0.2) is 5.82 Å². The Morgan fingerprint density at radius 1 is 1.04 bits per heavy atom. The summed E-state index contributed by atoms with van der Waals surface area (Å²) in [7, 11) is 1.82. The van der Waals surface area contributed by atoms with Gasteiger partial charge in [-0.05, 0) is 52.9 Å². The first-order valence-corrected chi connectivity index (χ1v) is 9.12. The van der Waals surface area contributed by atoms with E-state index in [0.29, 0.717) is 23.7 Å². The summed E-state index contributed by atoms with van der Waals surface area (Å²) in [6.45, 7) is 2.94. The maximum Gasteiger partial charge on any atom is 0.254 e. The Morgan fingerprint density at radius 2 is 1.78 bits per heavy atom. The van der Waals surface area contributed by atoms with Gasteiger partial charge in [0.25, 0.3) is 5.91 Å². The van der Waals surface area contributed by atoms with Crippen LogP contribution in [-0.4, -0.2) is 57.2 Å². The van der Waals surface area contributed by atoms with Gasteiger partial charge in [0.05, 0.1) is 0 Å². The van der Waals surface area contributed by atoms with Gasteiger partial charge < -0.3 is 9.80 Å². The fourth-order valence-corrected chi connectivity index (χ4v) is 3.46. The van der Waals surface area contributed by atoms with E-state index in [9.17, 15) is 4.79 Å². The van der Waals surface area contributed by atoms with Gasteiger partial charge in [-0.3, -0.25) is 4.79 Å². The molecule has 0 spiro atoms. The van der Waals surface area contributed by atoms with E-state index in [1.165, 1.54) is 0 Å². The maximum absolute atomic E-state index is 12.6. The Hall–Kier alpha value is -2.93. The molecule has 0 saturated carbocycles. The number of halogens is 1. The largest absolute Gasteiger partial charge is 0.368 e. The van der Waals surface area contributed by atoms with E-state index in [1.807, 2.05) is 24.1 Å². The molecule has 4 rings (SSSR count). The molecule has 3 aromatic rings. The van der Waals surface area contributed by atoms with Crippen LogP contribution in [0.25, 0.3) is 11.4 Å². The van der Waals surface area contributed by atoms with Gasteiger partial charge in [-0.1, -0.05) is 17.7 Å². The van der Waals surface area contributed by atoms with Gasteiger partial charge in [0, 0.05) is 55.1 Å². The van der Waals surface area contributed by atoms with Crippen LogP contribution in [0.5, 0.6) is 0 Å². The molecule has 2 heterocycles. The molecule has 1 aromatic heterocycles. The number of rotatable bonds is 3. The summed E-state index contributed by atoms with van der Waals surface area (Å²) in [5.74, 6) is 0.765. The molecule has 7 nitrogen and oxygen atoms in total. The van der Waals surface area contributed by atoms with Crippen molar-refractivity contribution in [1.29, 1.82) is 0 Å². The monoisotopic (exact) mass is 382 g/mol. The number of tetrazole rings is 1. The van der Waals surface area contributed by atoms with Crippen LogP contribution in [0.3, 0.4) is 0 Å². The van der Waals surface area contributed by atoms with E-state index < -0.39 is 0 Å². The van der Waals surface area contributed by atoms with Crippen LogP contribution in [0.15, 0.2) is 48.5 Å². The lowest BCUT2D eigenvalue weighted by Gasteiger charge is -2.36. The molecule has 0 radical (unpaired) electrons. The van der Waals surface area contributed by atoms with E-state index in [4.69, 9.17) is 11.6 Å². The highest BCUT2D eigenvalue weighted by Gasteiger charge is 2.22. The highest BCUT2D eigenvalue weighted by molar-refractivity contribution is 6.30. The Bertz CT molecular complexity index is 947. The lowest BCUT2D eigenvalue weighted by Crippen LogP contribution is -2.48. The van der Waals surface area contributed by atoms with Crippen LogP contribution in [0.4, 0.5) is 5.69 Å². The number of hydrogen-bond donors (Lipinski definition) is 0. The Balaban J connectivity index is 1.40. The number of hydrogen-bond acceptors (Lipinski definition) is 5. The second kappa shape index (κ2) is 7.36. The first-order valence-electron chi connectivity index (χ1n) is 8.74. The van der Waals surface area contributed by atoms with Crippen LogP contribution < -0.4 is 4.90 Å². The van der Waals surface area contributed by atoms with Gasteiger partial charge in [0.1, 0.15) is 0 Å². The minimum absolute atomic E-state index is 0.0299. The number of aryl methyl sites for hydroxylation is 1. The molecule has 1 amide bonds. The first-order chi connectivity index (χ1) is 13.1. The predicted molar refractivity (Wildman–Crippen MR) is 104 cm³/mol. The van der Waals surface area contributed by atoms with Crippen LogP contribution in [0.1, 0.15) is 10.4 Å². The van der Waals surface area contributed by atoms with E-state index in [2.05, 4.69) is 32.6 Å². The third-order valence-electron chi connectivity index (χ3n) is 4.75. The molecule has 138 valence electrons. The van der Waals surface area contributed by atoms with Crippen LogP contribution in [0, 0.1) is 0 Å². The number of carbonyl (C=O) groups excluding carboxylic acids is 1. The first kappa shape index (κ1) is 17.5. The number of nitrogens with zero attached hydrogens (tertiary/aromatic N) is 6. The molecular formula is C19H19ClN6O. The molecule has 0 atom stereocenters.